The molecule has 1 aliphatic carbocycles. The minimum atomic E-state index is -0.176. The second-order valence-electron chi connectivity index (χ2n) is 3.34. The Balaban J connectivity index is 1.88. The molecule has 2 aliphatic rings. The molecular formula is C7H12N2O. The Morgan fingerprint density at radius 3 is 2.90 bits per heavy atom. The molecule has 0 aromatic carbocycles. The Labute approximate surface area is 60.0 Å². The minimum absolute atomic E-state index is 0.176. The average Bonchev–Trinajstić information content (AvgIpc) is 2.52. The Bertz CT molecular complexity index is 169. The summed E-state index contributed by atoms with van der Waals surface area (Å²) >= 11 is 0. The van der Waals surface area contributed by atoms with E-state index in [2.05, 4.69) is 5.32 Å². The van der Waals surface area contributed by atoms with Gasteiger partial charge in [-0.3, -0.25) is 4.79 Å². The van der Waals surface area contributed by atoms with Gasteiger partial charge >= 0.3 is 0 Å². The van der Waals surface area contributed by atoms with Gasteiger partial charge in [-0.2, -0.15) is 0 Å². The largest absolute Gasteiger partial charge is 0.370 e. The normalized spacial score (nSPS) is 43.0. The first-order chi connectivity index (χ1) is 4.77. The van der Waals surface area contributed by atoms with Crippen molar-refractivity contribution in [2.75, 3.05) is 6.54 Å². The maximum Gasteiger partial charge on any atom is 0.218 e. The lowest BCUT2D eigenvalue weighted by Crippen LogP contribution is -2.31. The molecule has 3 atom stereocenters. The predicted molar refractivity (Wildman–Crippen MR) is 37.2 cm³/mol. The fourth-order valence-electron chi connectivity index (χ4n) is 1.89. The molecule has 0 unspecified atom stereocenters. The highest BCUT2D eigenvalue weighted by molar-refractivity contribution is 5.74. The smallest absolute Gasteiger partial charge is 0.218 e. The molecule has 1 amide bonds. The number of nitrogens with one attached hydrogen (secondary N) is 1. The van der Waals surface area contributed by atoms with Gasteiger partial charge < -0.3 is 11.1 Å². The predicted octanol–water partition coefficient (Wildman–Crippen LogP) is -0.530. The molecule has 1 saturated heterocycles. The van der Waals surface area contributed by atoms with E-state index in [1.54, 1.807) is 0 Å². The summed E-state index contributed by atoms with van der Waals surface area (Å²) in [6.07, 6.45) is 1.84. The molecule has 10 heavy (non-hydrogen) atoms. The van der Waals surface area contributed by atoms with Crippen molar-refractivity contribution in [3.05, 3.63) is 0 Å². The topological polar surface area (TPSA) is 55.1 Å². The van der Waals surface area contributed by atoms with E-state index >= 15 is 0 Å². The third-order valence-electron chi connectivity index (χ3n) is 2.56. The third-order valence-corrected chi connectivity index (χ3v) is 2.56. The lowest BCUT2D eigenvalue weighted by molar-refractivity contribution is -0.118. The van der Waals surface area contributed by atoms with E-state index in [4.69, 9.17) is 5.73 Å². The SMILES string of the molecule is NC(=O)C[C@@H]1NC[C@H]2C[C@H]21. The zero-order chi connectivity index (χ0) is 7.14. The van der Waals surface area contributed by atoms with Gasteiger partial charge in [-0.1, -0.05) is 0 Å². The van der Waals surface area contributed by atoms with Crippen LogP contribution in [0.2, 0.25) is 0 Å². The number of carbonyl (C=O) groups excluding carboxylic acids is 1. The van der Waals surface area contributed by atoms with Gasteiger partial charge in [0.1, 0.15) is 0 Å². The van der Waals surface area contributed by atoms with Gasteiger partial charge in [-0.05, 0) is 24.8 Å². The van der Waals surface area contributed by atoms with Crippen molar-refractivity contribution >= 4 is 5.91 Å². The first-order valence-electron chi connectivity index (χ1n) is 3.79. The second kappa shape index (κ2) is 1.95. The quantitative estimate of drug-likeness (QED) is 0.541. The number of hydrogen-bond donors (Lipinski definition) is 2. The molecule has 2 rings (SSSR count). The van der Waals surface area contributed by atoms with E-state index in [-0.39, 0.29) is 5.91 Å². The summed E-state index contributed by atoms with van der Waals surface area (Å²) in [5.41, 5.74) is 5.07. The lowest BCUT2D eigenvalue weighted by Gasteiger charge is -2.09. The van der Waals surface area contributed by atoms with Crippen molar-refractivity contribution in [3.8, 4) is 0 Å². The van der Waals surface area contributed by atoms with Gasteiger partial charge in [0.05, 0.1) is 0 Å². The summed E-state index contributed by atoms with van der Waals surface area (Å²) in [5, 5.41) is 3.29. The van der Waals surface area contributed by atoms with Crippen molar-refractivity contribution in [1.82, 2.24) is 5.32 Å². The maximum atomic E-state index is 10.5. The maximum absolute atomic E-state index is 10.5. The number of carbonyl (C=O) groups is 1. The molecule has 2 fully saturated rings. The summed E-state index contributed by atoms with van der Waals surface area (Å²) in [5.74, 6) is 1.46. The minimum Gasteiger partial charge on any atom is -0.370 e. The first-order valence-corrected chi connectivity index (χ1v) is 3.79. The Morgan fingerprint density at radius 1 is 1.70 bits per heavy atom. The summed E-state index contributed by atoms with van der Waals surface area (Å²) in [6, 6.07) is 0.405. The van der Waals surface area contributed by atoms with Gasteiger partial charge in [-0.15, -0.1) is 0 Å². The molecular weight excluding hydrogens is 128 g/mol. The van der Waals surface area contributed by atoms with Gasteiger partial charge in [0, 0.05) is 12.5 Å². The number of nitrogens with two attached hydrogens (primary N) is 1. The van der Waals surface area contributed by atoms with Crippen LogP contribution in [0.1, 0.15) is 12.8 Å². The van der Waals surface area contributed by atoms with Crippen molar-refractivity contribution in [2.45, 2.75) is 18.9 Å². The molecule has 0 bridgehead atoms. The van der Waals surface area contributed by atoms with Crippen LogP contribution in [0, 0.1) is 11.8 Å². The van der Waals surface area contributed by atoms with E-state index in [0.29, 0.717) is 12.5 Å². The molecule has 1 heterocycles. The number of hydrogen-bond acceptors (Lipinski definition) is 2. The first kappa shape index (κ1) is 6.16. The number of amides is 1. The Hall–Kier alpha value is -0.570. The zero-order valence-corrected chi connectivity index (χ0v) is 5.84. The van der Waals surface area contributed by atoms with Crippen LogP contribution in [0.25, 0.3) is 0 Å². The van der Waals surface area contributed by atoms with Gasteiger partial charge in [0.25, 0.3) is 0 Å². The number of primary amides is 1. The molecule has 0 aromatic heterocycles. The number of piperidine rings is 1. The van der Waals surface area contributed by atoms with Crippen molar-refractivity contribution < 1.29 is 4.79 Å². The van der Waals surface area contributed by atoms with E-state index in [0.717, 1.165) is 18.4 Å². The molecule has 0 aromatic rings. The van der Waals surface area contributed by atoms with Crippen LogP contribution in [0.15, 0.2) is 0 Å². The fraction of sp³-hybridized carbons (Fsp3) is 0.857. The number of rotatable bonds is 2. The highest BCUT2D eigenvalue weighted by Gasteiger charge is 2.47. The van der Waals surface area contributed by atoms with E-state index in [1.807, 2.05) is 0 Å². The van der Waals surface area contributed by atoms with Crippen LogP contribution in [0.5, 0.6) is 0 Å². The summed E-state index contributed by atoms with van der Waals surface area (Å²) in [4.78, 5) is 10.5. The summed E-state index contributed by atoms with van der Waals surface area (Å²) in [6.45, 7) is 1.10. The molecule has 0 spiro atoms. The van der Waals surface area contributed by atoms with E-state index in [9.17, 15) is 4.79 Å². The molecule has 0 radical (unpaired) electrons. The fourth-order valence-corrected chi connectivity index (χ4v) is 1.89. The van der Waals surface area contributed by atoms with Crippen LogP contribution >= 0.6 is 0 Å². The van der Waals surface area contributed by atoms with Crippen molar-refractivity contribution in [1.29, 1.82) is 0 Å². The monoisotopic (exact) mass is 140 g/mol. The standard InChI is InChI=1S/C7H12N2O/c8-7(10)2-6-5-1-4(5)3-9-6/h4-6,9H,1-3H2,(H2,8,10)/t4-,5-,6+/m1/s1. The van der Waals surface area contributed by atoms with Gasteiger partial charge in [-0.25, -0.2) is 0 Å². The second-order valence-corrected chi connectivity index (χ2v) is 3.34. The van der Waals surface area contributed by atoms with Crippen LogP contribution in [0.3, 0.4) is 0 Å². The molecule has 1 saturated carbocycles. The van der Waals surface area contributed by atoms with Gasteiger partial charge in [0.15, 0.2) is 0 Å². The van der Waals surface area contributed by atoms with Crippen LogP contribution in [-0.2, 0) is 4.79 Å². The lowest BCUT2D eigenvalue weighted by atomic mass is 10.1. The van der Waals surface area contributed by atoms with Crippen molar-refractivity contribution in [3.63, 3.8) is 0 Å². The molecule has 56 valence electrons. The van der Waals surface area contributed by atoms with E-state index in [1.165, 1.54) is 6.42 Å². The molecule has 3 nitrogen and oxygen atoms in total. The zero-order valence-electron chi connectivity index (χ0n) is 5.84. The number of fused-ring (bicyclic) bond motifs is 1. The Morgan fingerprint density at radius 2 is 2.50 bits per heavy atom. The van der Waals surface area contributed by atoms with Crippen LogP contribution in [-0.4, -0.2) is 18.5 Å². The average molecular weight is 140 g/mol. The van der Waals surface area contributed by atoms with Crippen LogP contribution < -0.4 is 11.1 Å². The summed E-state index contributed by atoms with van der Waals surface area (Å²) < 4.78 is 0. The summed E-state index contributed by atoms with van der Waals surface area (Å²) in [7, 11) is 0. The Kier molecular flexibility index (Phi) is 1.20. The molecule has 3 N–H and O–H groups in total. The van der Waals surface area contributed by atoms with Gasteiger partial charge in [0.2, 0.25) is 5.91 Å². The highest BCUT2D eigenvalue weighted by atomic mass is 16.1. The van der Waals surface area contributed by atoms with E-state index < -0.39 is 0 Å². The molecule has 1 aliphatic heterocycles. The third kappa shape index (κ3) is 0.904. The van der Waals surface area contributed by atoms with Crippen LogP contribution in [0.4, 0.5) is 0 Å². The highest BCUT2D eigenvalue weighted by Crippen LogP contribution is 2.45. The molecule has 3 heteroatoms. The van der Waals surface area contributed by atoms with Crippen molar-refractivity contribution in [2.24, 2.45) is 17.6 Å².